The monoisotopic (exact) mass is 344 g/mol. The summed E-state index contributed by atoms with van der Waals surface area (Å²) in [5, 5.41) is 5.36. The van der Waals surface area contributed by atoms with Crippen molar-refractivity contribution < 1.29 is 18.4 Å². The van der Waals surface area contributed by atoms with Crippen LogP contribution in [0.25, 0.3) is 0 Å². The first-order chi connectivity index (χ1) is 11.9. The van der Waals surface area contributed by atoms with Crippen LogP contribution in [-0.4, -0.2) is 23.9 Å². The Hall–Kier alpha value is -2.76. The predicted molar refractivity (Wildman–Crippen MR) is 89.1 cm³/mol. The average Bonchev–Trinajstić information content (AvgIpc) is 2.90. The second kappa shape index (κ2) is 6.63. The smallest absolute Gasteiger partial charge is 0.251 e. The first-order valence-corrected chi connectivity index (χ1v) is 7.97. The van der Waals surface area contributed by atoms with E-state index in [2.05, 4.69) is 10.6 Å². The summed E-state index contributed by atoms with van der Waals surface area (Å²) in [6, 6.07) is 10.9. The number of hydrogen-bond acceptors (Lipinski definition) is 2. The molecular formula is C19H18F2N2O2. The molecule has 0 radical (unpaired) electrons. The van der Waals surface area contributed by atoms with Gasteiger partial charge in [0.2, 0.25) is 5.91 Å². The standard InChI is InChI=1S/C19H18F2N2O2/c1-19(9-13-4-2-3-5-14(13)10-19)23-17(24)11-22-18(25)12-6-7-15(20)16(21)8-12/h2-8H,9-11H2,1H3,(H,22,25)(H,23,24). The zero-order valence-electron chi connectivity index (χ0n) is 13.7. The highest BCUT2D eigenvalue weighted by Gasteiger charge is 2.33. The van der Waals surface area contributed by atoms with Crippen LogP contribution in [0.2, 0.25) is 0 Å². The minimum absolute atomic E-state index is 0.0359. The number of nitrogens with one attached hydrogen (secondary N) is 2. The fraction of sp³-hybridized carbons (Fsp3) is 0.263. The van der Waals surface area contributed by atoms with Gasteiger partial charge in [0.1, 0.15) is 0 Å². The van der Waals surface area contributed by atoms with E-state index in [-0.39, 0.29) is 18.0 Å². The molecule has 1 aliphatic rings. The fourth-order valence-electron chi connectivity index (χ4n) is 3.17. The second-order valence-electron chi connectivity index (χ2n) is 6.54. The third kappa shape index (κ3) is 3.84. The molecule has 6 heteroatoms. The van der Waals surface area contributed by atoms with Gasteiger partial charge in [0, 0.05) is 11.1 Å². The topological polar surface area (TPSA) is 58.2 Å². The molecule has 0 aromatic heterocycles. The molecule has 1 aliphatic carbocycles. The lowest BCUT2D eigenvalue weighted by Gasteiger charge is -2.25. The summed E-state index contributed by atoms with van der Waals surface area (Å²) in [7, 11) is 0. The Kier molecular flexibility index (Phi) is 4.53. The molecule has 130 valence electrons. The van der Waals surface area contributed by atoms with Crippen molar-refractivity contribution in [3.8, 4) is 0 Å². The minimum Gasteiger partial charge on any atom is -0.349 e. The molecule has 2 aromatic carbocycles. The number of fused-ring (bicyclic) bond motifs is 1. The van der Waals surface area contributed by atoms with E-state index in [0.29, 0.717) is 0 Å². The number of carbonyl (C=O) groups excluding carboxylic acids is 2. The molecule has 0 unspecified atom stereocenters. The molecule has 0 saturated carbocycles. The van der Waals surface area contributed by atoms with Gasteiger partial charge in [-0.25, -0.2) is 8.78 Å². The minimum atomic E-state index is -1.10. The van der Waals surface area contributed by atoms with Gasteiger partial charge in [0.05, 0.1) is 6.54 Å². The van der Waals surface area contributed by atoms with Gasteiger partial charge in [-0.3, -0.25) is 9.59 Å². The molecule has 0 heterocycles. The highest BCUT2D eigenvalue weighted by atomic mass is 19.2. The van der Waals surface area contributed by atoms with Crippen LogP contribution in [0.5, 0.6) is 0 Å². The predicted octanol–water partition coefficient (Wildman–Crippen LogP) is 2.37. The highest BCUT2D eigenvalue weighted by molar-refractivity contribution is 5.96. The molecule has 0 fully saturated rings. The number of hydrogen-bond donors (Lipinski definition) is 2. The normalized spacial score (nSPS) is 14.7. The molecular weight excluding hydrogens is 326 g/mol. The summed E-state index contributed by atoms with van der Waals surface area (Å²) < 4.78 is 26.0. The lowest BCUT2D eigenvalue weighted by Crippen LogP contribution is -2.50. The fourth-order valence-corrected chi connectivity index (χ4v) is 3.17. The van der Waals surface area contributed by atoms with Gasteiger partial charge in [0.25, 0.3) is 5.91 Å². The maximum atomic E-state index is 13.2. The lowest BCUT2D eigenvalue weighted by molar-refractivity contribution is -0.121. The number of halogens is 2. The van der Waals surface area contributed by atoms with Gasteiger partial charge in [-0.05, 0) is 49.1 Å². The quantitative estimate of drug-likeness (QED) is 0.895. The molecule has 0 spiro atoms. The largest absolute Gasteiger partial charge is 0.349 e. The summed E-state index contributed by atoms with van der Waals surface area (Å²) in [6.07, 6.45) is 1.46. The third-order valence-electron chi connectivity index (χ3n) is 4.31. The summed E-state index contributed by atoms with van der Waals surface area (Å²) in [4.78, 5) is 24.1. The summed E-state index contributed by atoms with van der Waals surface area (Å²) in [5.74, 6) is -3.09. The average molecular weight is 344 g/mol. The van der Waals surface area contributed by atoms with E-state index >= 15 is 0 Å². The van der Waals surface area contributed by atoms with Gasteiger partial charge < -0.3 is 10.6 Å². The van der Waals surface area contributed by atoms with Crippen LogP contribution in [0.4, 0.5) is 8.78 Å². The highest BCUT2D eigenvalue weighted by Crippen LogP contribution is 2.29. The van der Waals surface area contributed by atoms with E-state index in [1.54, 1.807) is 0 Å². The maximum absolute atomic E-state index is 13.2. The van der Waals surface area contributed by atoms with Gasteiger partial charge in [-0.1, -0.05) is 24.3 Å². The van der Waals surface area contributed by atoms with E-state index in [4.69, 9.17) is 0 Å². The summed E-state index contributed by atoms with van der Waals surface area (Å²) in [5.41, 5.74) is 1.98. The van der Waals surface area contributed by atoms with Crippen LogP contribution in [0, 0.1) is 11.6 Å². The van der Waals surface area contributed by atoms with E-state index < -0.39 is 23.1 Å². The number of rotatable bonds is 4. The molecule has 0 aliphatic heterocycles. The third-order valence-corrected chi connectivity index (χ3v) is 4.31. The van der Waals surface area contributed by atoms with Crippen molar-refractivity contribution in [2.24, 2.45) is 0 Å². The van der Waals surface area contributed by atoms with E-state index in [1.807, 2.05) is 31.2 Å². The first-order valence-electron chi connectivity index (χ1n) is 7.97. The van der Waals surface area contributed by atoms with Crippen molar-refractivity contribution >= 4 is 11.8 Å². The Labute approximate surface area is 144 Å². The Morgan fingerprint density at radius 3 is 2.28 bits per heavy atom. The molecule has 25 heavy (non-hydrogen) atoms. The molecule has 0 saturated heterocycles. The van der Waals surface area contributed by atoms with Crippen molar-refractivity contribution in [2.45, 2.75) is 25.3 Å². The van der Waals surface area contributed by atoms with Crippen LogP contribution in [0.1, 0.15) is 28.4 Å². The van der Waals surface area contributed by atoms with E-state index in [0.717, 1.165) is 25.0 Å². The van der Waals surface area contributed by atoms with Gasteiger partial charge in [-0.15, -0.1) is 0 Å². The van der Waals surface area contributed by atoms with E-state index in [1.165, 1.54) is 17.2 Å². The zero-order valence-corrected chi connectivity index (χ0v) is 13.7. The Balaban J connectivity index is 1.55. The number of carbonyl (C=O) groups is 2. The number of amides is 2. The zero-order chi connectivity index (χ0) is 18.0. The molecule has 2 N–H and O–H groups in total. The van der Waals surface area contributed by atoms with Crippen molar-refractivity contribution in [1.29, 1.82) is 0 Å². The molecule has 0 bridgehead atoms. The van der Waals surface area contributed by atoms with E-state index in [9.17, 15) is 18.4 Å². The number of benzene rings is 2. The Morgan fingerprint density at radius 2 is 1.68 bits per heavy atom. The summed E-state index contributed by atoms with van der Waals surface area (Å²) >= 11 is 0. The van der Waals surface area contributed by atoms with Crippen LogP contribution in [0.15, 0.2) is 42.5 Å². The van der Waals surface area contributed by atoms with Crippen molar-refractivity contribution in [2.75, 3.05) is 6.54 Å². The van der Waals surface area contributed by atoms with Crippen molar-refractivity contribution in [1.82, 2.24) is 10.6 Å². The van der Waals surface area contributed by atoms with Crippen LogP contribution in [-0.2, 0) is 17.6 Å². The van der Waals surface area contributed by atoms with Gasteiger partial charge in [0.15, 0.2) is 11.6 Å². The summed E-state index contributed by atoms with van der Waals surface area (Å²) in [6.45, 7) is 1.73. The Morgan fingerprint density at radius 1 is 1.04 bits per heavy atom. The van der Waals surface area contributed by atoms with Crippen LogP contribution < -0.4 is 10.6 Å². The van der Waals surface area contributed by atoms with Gasteiger partial charge >= 0.3 is 0 Å². The lowest BCUT2D eigenvalue weighted by atomic mass is 9.98. The van der Waals surface area contributed by atoms with Crippen molar-refractivity contribution in [3.63, 3.8) is 0 Å². The Bertz CT molecular complexity index is 811. The maximum Gasteiger partial charge on any atom is 0.251 e. The van der Waals surface area contributed by atoms with Crippen LogP contribution >= 0.6 is 0 Å². The SMILES string of the molecule is CC1(NC(=O)CNC(=O)c2ccc(F)c(F)c2)Cc2ccccc2C1. The molecule has 2 aromatic rings. The molecule has 2 amide bonds. The molecule has 0 atom stereocenters. The molecule has 3 rings (SSSR count). The first kappa shape index (κ1) is 17.1. The second-order valence-corrected chi connectivity index (χ2v) is 6.54. The molecule has 4 nitrogen and oxygen atoms in total. The van der Waals surface area contributed by atoms with Gasteiger partial charge in [-0.2, -0.15) is 0 Å². The van der Waals surface area contributed by atoms with Crippen molar-refractivity contribution in [3.05, 3.63) is 70.8 Å². The van der Waals surface area contributed by atoms with Crippen LogP contribution in [0.3, 0.4) is 0 Å².